The van der Waals surface area contributed by atoms with Gasteiger partial charge in [0.1, 0.15) is 11.5 Å². The van der Waals surface area contributed by atoms with E-state index in [4.69, 9.17) is 9.47 Å². The second kappa shape index (κ2) is 6.67. The molecule has 1 saturated heterocycles. The van der Waals surface area contributed by atoms with Crippen LogP contribution in [0.4, 0.5) is 0 Å². The van der Waals surface area contributed by atoms with Crippen LogP contribution in [0.5, 0.6) is 11.5 Å². The zero-order chi connectivity index (χ0) is 14.7. The standard InChI is InChI=1S/C17H25NO3/c1-2-3-4-5-14-15-12-13(19)6-7-16(15)21-17(14)18-8-10-20-11-9-18/h6-7,12,14,17,19H,2-5,8-11H2,1H3/t14-,17-/m1/s1. The first-order chi connectivity index (χ1) is 10.3. The molecule has 0 aromatic heterocycles. The van der Waals surface area contributed by atoms with Crippen LogP contribution < -0.4 is 4.74 Å². The maximum absolute atomic E-state index is 9.79. The molecule has 0 saturated carbocycles. The Hall–Kier alpha value is -1.26. The van der Waals surface area contributed by atoms with E-state index in [1.54, 1.807) is 6.07 Å². The number of hydrogen-bond acceptors (Lipinski definition) is 4. The van der Waals surface area contributed by atoms with E-state index < -0.39 is 0 Å². The minimum absolute atomic E-state index is 0.0996. The zero-order valence-electron chi connectivity index (χ0n) is 12.8. The predicted octanol–water partition coefficient (Wildman–Crippen LogP) is 3.11. The van der Waals surface area contributed by atoms with Crippen LogP contribution in [0.25, 0.3) is 0 Å². The molecule has 4 heteroatoms. The molecule has 2 heterocycles. The molecule has 0 spiro atoms. The van der Waals surface area contributed by atoms with E-state index >= 15 is 0 Å². The number of phenols is 1. The lowest BCUT2D eigenvalue weighted by molar-refractivity contribution is -0.0475. The Morgan fingerprint density at radius 2 is 2.05 bits per heavy atom. The summed E-state index contributed by atoms with van der Waals surface area (Å²) in [6.45, 7) is 5.64. The fraction of sp³-hybridized carbons (Fsp3) is 0.647. The molecule has 4 nitrogen and oxygen atoms in total. The van der Waals surface area contributed by atoms with Gasteiger partial charge in [0.25, 0.3) is 0 Å². The first-order valence-corrected chi connectivity index (χ1v) is 8.11. The smallest absolute Gasteiger partial charge is 0.159 e. The van der Waals surface area contributed by atoms with E-state index in [9.17, 15) is 5.11 Å². The minimum Gasteiger partial charge on any atom is -0.508 e. The number of benzene rings is 1. The van der Waals surface area contributed by atoms with E-state index in [1.165, 1.54) is 24.8 Å². The van der Waals surface area contributed by atoms with Gasteiger partial charge in [0, 0.05) is 24.6 Å². The lowest BCUT2D eigenvalue weighted by atomic mass is 9.92. The van der Waals surface area contributed by atoms with Gasteiger partial charge < -0.3 is 14.6 Å². The molecule has 3 rings (SSSR count). The first-order valence-electron chi connectivity index (χ1n) is 8.11. The second-order valence-corrected chi connectivity index (χ2v) is 5.98. The number of phenolic OH excluding ortho intramolecular Hbond substituents is 1. The Balaban J connectivity index is 1.79. The summed E-state index contributed by atoms with van der Waals surface area (Å²) in [6.07, 6.45) is 4.90. The molecule has 0 amide bonds. The molecule has 0 radical (unpaired) electrons. The van der Waals surface area contributed by atoms with Gasteiger partial charge >= 0.3 is 0 Å². The lowest BCUT2D eigenvalue weighted by Crippen LogP contribution is -2.47. The lowest BCUT2D eigenvalue weighted by Gasteiger charge is -2.34. The summed E-state index contributed by atoms with van der Waals surface area (Å²) in [5.41, 5.74) is 1.17. The normalized spacial score (nSPS) is 25.6. The van der Waals surface area contributed by atoms with Crippen molar-refractivity contribution >= 4 is 0 Å². The van der Waals surface area contributed by atoms with Gasteiger partial charge in [0.2, 0.25) is 0 Å². The number of fused-ring (bicyclic) bond motifs is 1. The summed E-state index contributed by atoms with van der Waals surface area (Å²) in [5.74, 6) is 1.63. The topological polar surface area (TPSA) is 41.9 Å². The highest BCUT2D eigenvalue weighted by Crippen LogP contribution is 2.43. The van der Waals surface area contributed by atoms with Gasteiger partial charge in [-0.2, -0.15) is 0 Å². The maximum atomic E-state index is 9.79. The van der Waals surface area contributed by atoms with Gasteiger partial charge in [0.15, 0.2) is 6.23 Å². The van der Waals surface area contributed by atoms with E-state index in [1.807, 2.05) is 12.1 Å². The van der Waals surface area contributed by atoms with Crippen molar-refractivity contribution < 1.29 is 14.6 Å². The highest BCUT2D eigenvalue weighted by atomic mass is 16.5. The number of hydrogen-bond donors (Lipinski definition) is 1. The van der Waals surface area contributed by atoms with Crippen LogP contribution in [0.15, 0.2) is 18.2 Å². The van der Waals surface area contributed by atoms with E-state index in [0.717, 1.165) is 38.5 Å². The first kappa shape index (κ1) is 14.7. The van der Waals surface area contributed by atoms with E-state index in [-0.39, 0.29) is 6.23 Å². The Kier molecular flexibility index (Phi) is 4.66. The van der Waals surface area contributed by atoms with Crippen LogP contribution in [0.3, 0.4) is 0 Å². The molecule has 116 valence electrons. The second-order valence-electron chi connectivity index (χ2n) is 5.98. The molecule has 21 heavy (non-hydrogen) atoms. The van der Waals surface area contributed by atoms with Crippen molar-refractivity contribution in [2.45, 2.75) is 44.8 Å². The summed E-state index contributed by atoms with van der Waals surface area (Å²) < 4.78 is 11.7. The Labute approximate surface area is 126 Å². The molecule has 2 aliphatic heterocycles. The largest absolute Gasteiger partial charge is 0.508 e. The number of nitrogens with zero attached hydrogens (tertiary/aromatic N) is 1. The molecule has 1 aromatic carbocycles. The van der Waals surface area contributed by atoms with Crippen molar-refractivity contribution in [1.82, 2.24) is 4.90 Å². The molecule has 1 fully saturated rings. The summed E-state index contributed by atoms with van der Waals surface area (Å²) in [5, 5.41) is 9.79. The van der Waals surface area contributed by atoms with Crippen LogP contribution in [0.2, 0.25) is 0 Å². The average molecular weight is 291 g/mol. The molecule has 1 N–H and O–H groups in total. The molecule has 0 bridgehead atoms. The molecule has 1 aromatic rings. The minimum atomic E-state index is 0.0996. The van der Waals surface area contributed by atoms with Crippen LogP contribution in [0, 0.1) is 0 Å². The van der Waals surface area contributed by atoms with E-state index in [0.29, 0.717) is 11.7 Å². The molecular formula is C17H25NO3. The molecule has 2 atom stereocenters. The summed E-state index contributed by atoms with van der Waals surface area (Å²) in [4.78, 5) is 2.39. The predicted molar refractivity (Wildman–Crippen MR) is 81.8 cm³/mol. The quantitative estimate of drug-likeness (QED) is 0.846. The SMILES string of the molecule is CCCCC[C@@H]1c2cc(O)ccc2O[C@H]1N1CCOCC1. The number of unbranched alkanes of at least 4 members (excludes halogenated alkanes) is 2. The van der Waals surface area contributed by atoms with Crippen molar-refractivity contribution in [3.63, 3.8) is 0 Å². The highest BCUT2D eigenvalue weighted by molar-refractivity contribution is 5.45. The maximum Gasteiger partial charge on any atom is 0.159 e. The Morgan fingerprint density at radius 3 is 2.81 bits per heavy atom. The van der Waals surface area contributed by atoms with Crippen LogP contribution in [0.1, 0.15) is 44.1 Å². The Morgan fingerprint density at radius 1 is 1.24 bits per heavy atom. The van der Waals surface area contributed by atoms with Crippen LogP contribution in [-0.2, 0) is 4.74 Å². The average Bonchev–Trinajstić information content (AvgIpc) is 2.87. The van der Waals surface area contributed by atoms with Crippen molar-refractivity contribution in [2.75, 3.05) is 26.3 Å². The fourth-order valence-corrected chi connectivity index (χ4v) is 3.37. The monoisotopic (exact) mass is 291 g/mol. The summed E-state index contributed by atoms with van der Waals surface area (Å²) in [7, 11) is 0. The number of morpholine rings is 1. The zero-order valence-corrected chi connectivity index (χ0v) is 12.8. The summed E-state index contributed by atoms with van der Waals surface area (Å²) in [6, 6.07) is 5.49. The van der Waals surface area contributed by atoms with Gasteiger partial charge in [-0.25, -0.2) is 0 Å². The molecular weight excluding hydrogens is 266 g/mol. The highest BCUT2D eigenvalue weighted by Gasteiger charge is 2.38. The van der Waals surface area contributed by atoms with Crippen molar-refractivity contribution in [2.24, 2.45) is 0 Å². The van der Waals surface area contributed by atoms with Gasteiger partial charge in [-0.15, -0.1) is 0 Å². The van der Waals surface area contributed by atoms with Crippen LogP contribution >= 0.6 is 0 Å². The molecule has 2 aliphatic rings. The third-order valence-electron chi connectivity index (χ3n) is 4.51. The summed E-state index contributed by atoms with van der Waals surface area (Å²) >= 11 is 0. The number of ether oxygens (including phenoxy) is 2. The van der Waals surface area contributed by atoms with Crippen molar-refractivity contribution in [3.05, 3.63) is 23.8 Å². The Bertz CT molecular complexity index is 471. The third-order valence-corrected chi connectivity index (χ3v) is 4.51. The van der Waals surface area contributed by atoms with E-state index in [2.05, 4.69) is 11.8 Å². The van der Waals surface area contributed by atoms with Gasteiger partial charge in [0.05, 0.1) is 13.2 Å². The molecule has 0 unspecified atom stereocenters. The number of aromatic hydroxyl groups is 1. The third kappa shape index (κ3) is 3.16. The van der Waals surface area contributed by atoms with Crippen LogP contribution in [-0.4, -0.2) is 42.5 Å². The van der Waals surface area contributed by atoms with Crippen molar-refractivity contribution in [3.8, 4) is 11.5 Å². The molecule has 0 aliphatic carbocycles. The van der Waals surface area contributed by atoms with Gasteiger partial charge in [-0.05, 0) is 24.6 Å². The van der Waals surface area contributed by atoms with Gasteiger partial charge in [-0.3, -0.25) is 4.90 Å². The fourth-order valence-electron chi connectivity index (χ4n) is 3.37. The number of rotatable bonds is 5. The van der Waals surface area contributed by atoms with Gasteiger partial charge in [-0.1, -0.05) is 26.2 Å². The van der Waals surface area contributed by atoms with Crippen molar-refractivity contribution in [1.29, 1.82) is 0 Å².